The van der Waals surface area contributed by atoms with Gasteiger partial charge in [-0.25, -0.2) is 4.79 Å². The highest BCUT2D eigenvalue weighted by atomic mass is 16.5. The average Bonchev–Trinajstić information content (AvgIpc) is 2.79. The Morgan fingerprint density at radius 2 is 1.62 bits per heavy atom. The van der Waals surface area contributed by atoms with Gasteiger partial charge in [-0.1, -0.05) is 12.1 Å². The third-order valence-electron chi connectivity index (χ3n) is 4.74. The first-order valence-electron chi connectivity index (χ1n) is 9.47. The minimum Gasteiger partial charge on any atom is -0.497 e. The molecule has 0 aliphatic carbocycles. The zero-order valence-corrected chi connectivity index (χ0v) is 17.0. The van der Waals surface area contributed by atoms with Crippen LogP contribution < -0.4 is 4.74 Å². The van der Waals surface area contributed by atoms with Crippen molar-refractivity contribution in [2.24, 2.45) is 0 Å². The summed E-state index contributed by atoms with van der Waals surface area (Å²) in [6.45, 7) is 0.712. The molecular formula is C24H25NO4. The lowest BCUT2D eigenvalue weighted by Gasteiger charge is -2.13. The van der Waals surface area contributed by atoms with Crippen LogP contribution in [-0.2, 0) is 15.9 Å². The highest BCUT2D eigenvalue weighted by Crippen LogP contribution is 2.32. The van der Waals surface area contributed by atoms with E-state index in [1.807, 2.05) is 42.6 Å². The van der Waals surface area contributed by atoms with Gasteiger partial charge >= 0.3 is 5.97 Å². The van der Waals surface area contributed by atoms with Crippen LogP contribution in [0.5, 0.6) is 5.75 Å². The number of pyridine rings is 1. The highest BCUT2D eigenvalue weighted by Gasteiger charge is 2.12. The van der Waals surface area contributed by atoms with Gasteiger partial charge < -0.3 is 14.2 Å². The number of hydrogen-bond donors (Lipinski definition) is 0. The summed E-state index contributed by atoms with van der Waals surface area (Å²) in [6, 6.07) is 17.4. The lowest BCUT2D eigenvalue weighted by atomic mass is 9.96. The van der Waals surface area contributed by atoms with Gasteiger partial charge in [0.2, 0.25) is 0 Å². The molecule has 5 heteroatoms. The maximum atomic E-state index is 11.8. The van der Waals surface area contributed by atoms with Crippen LogP contribution in [0.4, 0.5) is 0 Å². The molecule has 0 N–H and O–H groups in total. The smallest absolute Gasteiger partial charge is 0.337 e. The van der Waals surface area contributed by atoms with Crippen LogP contribution in [0, 0.1) is 0 Å². The van der Waals surface area contributed by atoms with Crippen LogP contribution in [0.2, 0.25) is 0 Å². The number of nitrogens with zero attached hydrogens (tertiary/aromatic N) is 1. The summed E-state index contributed by atoms with van der Waals surface area (Å²) in [6.07, 6.45) is 3.74. The topological polar surface area (TPSA) is 57.7 Å². The first-order chi connectivity index (χ1) is 14.2. The number of rotatable bonds is 8. The molecule has 0 saturated carbocycles. The molecule has 0 fully saturated rings. The molecule has 0 unspecified atom stereocenters. The molecule has 0 atom stereocenters. The van der Waals surface area contributed by atoms with Gasteiger partial charge in [0.25, 0.3) is 0 Å². The van der Waals surface area contributed by atoms with E-state index in [4.69, 9.17) is 19.2 Å². The highest BCUT2D eigenvalue weighted by molar-refractivity contribution is 5.90. The first-order valence-corrected chi connectivity index (χ1v) is 9.47. The van der Waals surface area contributed by atoms with Crippen molar-refractivity contribution in [1.29, 1.82) is 0 Å². The number of esters is 1. The molecule has 0 radical (unpaired) electrons. The molecule has 0 bridgehead atoms. The molecule has 3 rings (SSSR count). The van der Waals surface area contributed by atoms with Crippen molar-refractivity contribution < 1.29 is 19.0 Å². The van der Waals surface area contributed by atoms with Gasteiger partial charge in [-0.2, -0.15) is 0 Å². The zero-order chi connectivity index (χ0) is 20.6. The first kappa shape index (κ1) is 20.6. The SMILES string of the molecule is COCCCc1cnc(-c2ccc(OC)cc2)c(-c2ccc(C(=O)OC)cc2)c1. The number of aromatic nitrogens is 1. The number of methoxy groups -OCH3 is 3. The summed E-state index contributed by atoms with van der Waals surface area (Å²) in [4.78, 5) is 16.5. The fourth-order valence-electron chi connectivity index (χ4n) is 3.17. The van der Waals surface area contributed by atoms with E-state index in [1.54, 1.807) is 26.4 Å². The van der Waals surface area contributed by atoms with Gasteiger partial charge in [-0.15, -0.1) is 0 Å². The third kappa shape index (κ3) is 5.00. The Kier molecular flexibility index (Phi) is 6.98. The van der Waals surface area contributed by atoms with E-state index in [-0.39, 0.29) is 5.97 Å². The summed E-state index contributed by atoms with van der Waals surface area (Å²) in [5, 5.41) is 0. The van der Waals surface area contributed by atoms with Crippen molar-refractivity contribution in [2.75, 3.05) is 27.9 Å². The predicted molar refractivity (Wildman–Crippen MR) is 113 cm³/mol. The molecule has 0 amide bonds. The summed E-state index contributed by atoms with van der Waals surface area (Å²) in [5.74, 6) is 0.451. The molecule has 0 aliphatic heterocycles. The molecule has 29 heavy (non-hydrogen) atoms. The van der Waals surface area contributed by atoms with Gasteiger partial charge in [-0.05, 0) is 66.4 Å². The molecular weight excluding hydrogens is 366 g/mol. The Bertz CT molecular complexity index is 950. The normalized spacial score (nSPS) is 10.6. The van der Waals surface area contributed by atoms with Gasteiger partial charge in [0.05, 0.1) is 25.5 Å². The van der Waals surface area contributed by atoms with E-state index in [0.717, 1.165) is 46.5 Å². The molecule has 1 aromatic heterocycles. The van der Waals surface area contributed by atoms with Crippen molar-refractivity contribution in [3.8, 4) is 28.1 Å². The molecule has 0 aliphatic rings. The largest absolute Gasteiger partial charge is 0.497 e. The summed E-state index contributed by atoms with van der Waals surface area (Å²) in [5.41, 5.74) is 5.55. The second kappa shape index (κ2) is 9.85. The van der Waals surface area contributed by atoms with Crippen LogP contribution in [0.3, 0.4) is 0 Å². The Morgan fingerprint density at radius 3 is 2.24 bits per heavy atom. The number of ether oxygens (including phenoxy) is 3. The quantitative estimate of drug-likeness (QED) is 0.408. The fraction of sp³-hybridized carbons (Fsp3) is 0.250. The van der Waals surface area contributed by atoms with Crippen molar-refractivity contribution in [1.82, 2.24) is 4.98 Å². The average molecular weight is 391 g/mol. The van der Waals surface area contributed by atoms with E-state index in [1.165, 1.54) is 7.11 Å². The van der Waals surface area contributed by atoms with E-state index in [9.17, 15) is 4.79 Å². The van der Waals surface area contributed by atoms with E-state index >= 15 is 0 Å². The number of carbonyl (C=O) groups excluding carboxylic acids is 1. The molecule has 0 saturated heterocycles. The van der Waals surface area contributed by atoms with Crippen molar-refractivity contribution >= 4 is 5.97 Å². The van der Waals surface area contributed by atoms with Crippen LogP contribution >= 0.6 is 0 Å². The molecule has 0 spiro atoms. The van der Waals surface area contributed by atoms with E-state index in [2.05, 4.69) is 6.07 Å². The van der Waals surface area contributed by atoms with Gasteiger partial charge in [0.1, 0.15) is 5.75 Å². The maximum absolute atomic E-state index is 11.8. The Hall–Kier alpha value is -3.18. The van der Waals surface area contributed by atoms with Crippen molar-refractivity contribution in [3.63, 3.8) is 0 Å². The number of carbonyl (C=O) groups is 1. The molecule has 1 heterocycles. The molecule has 5 nitrogen and oxygen atoms in total. The van der Waals surface area contributed by atoms with Crippen LogP contribution in [0.25, 0.3) is 22.4 Å². The number of aryl methyl sites for hydroxylation is 1. The van der Waals surface area contributed by atoms with Gasteiger partial charge in [-0.3, -0.25) is 4.98 Å². The van der Waals surface area contributed by atoms with E-state index in [0.29, 0.717) is 12.2 Å². The monoisotopic (exact) mass is 391 g/mol. The summed E-state index contributed by atoms with van der Waals surface area (Å²) in [7, 11) is 4.74. The summed E-state index contributed by atoms with van der Waals surface area (Å²) >= 11 is 0. The van der Waals surface area contributed by atoms with Crippen LogP contribution in [0.1, 0.15) is 22.3 Å². The minimum atomic E-state index is -0.349. The van der Waals surface area contributed by atoms with Gasteiger partial charge in [0.15, 0.2) is 0 Å². The lowest BCUT2D eigenvalue weighted by Crippen LogP contribution is -2.01. The van der Waals surface area contributed by atoms with Crippen molar-refractivity contribution in [2.45, 2.75) is 12.8 Å². The second-order valence-electron chi connectivity index (χ2n) is 6.63. The third-order valence-corrected chi connectivity index (χ3v) is 4.74. The minimum absolute atomic E-state index is 0.349. The Balaban J connectivity index is 2.02. The second-order valence-corrected chi connectivity index (χ2v) is 6.63. The molecule has 3 aromatic rings. The summed E-state index contributed by atoms with van der Waals surface area (Å²) < 4.78 is 15.2. The zero-order valence-electron chi connectivity index (χ0n) is 17.0. The van der Waals surface area contributed by atoms with E-state index < -0.39 is 0 Å². The molecule has 2 aromatic carbocycles. The van der Waals surface area contributed by atoms with Gasteiger partial charge in [0, 0.05) is 31.0 Å². The lowest BCUT2D eigenvalue weighted by molar-refractivity contribution is 0.0601. The van der Waals surface area contributed by atoms with Crippen LogP contribution in [0.15, 0.2) is 60.8 Å². The Labute approximate surface area is 171 Å². The predicted octanol–water partition coefficient (Wildman–Crippen LogP) is 4.79. The maximum Gasteiger partial charge on any atom is 0.337 e. The Morgan fingerprint density at radius 1 is 0.931 bits per heavy atom. The van der Waals surface area contributed by atoms with Crippen LogP contribution in [-0.4, -0.2) is 38.9 Å². The fourth-order valence-corrected chi connectivity index (χ4v) is 3.17. The standard InChI is InChI=1S/C24H25NO4/c1-27-14-4-5-17-15-22(18-6-8-20(9-7-18)24(26)29-3)23(25-16-17)19-10-12-21(28-2)13-11-19/h6-13,15-16H,4-5,14H2,1-3H3. The number of benzene rings is 2. The number of hydrogen-bond acceptors (Lipinski definition) is 5. The van der Waals surface area contributed by atoms with Crippen molar-refractivity contribution in [3.05, 3.63) is 71.9 Å². The molecule has 150 valence electrons.